The Labute approximate surface area is 203 Å². The number of hydrogen-bond acceptors (Lipinski definition) is 6. The SMILES string of the molecule is [C-]#[N+]CC1(n2nc(Nc3ccc(S(=O)(=O)N4CCOCC4)cc3)c3c(=O)[nH]ccc32)CCCCC1. The molecule has 2 N–H and O–H groups in total. The van der Waals surface area contributed by atoms with Crippen LogP contribution in [-0.2, 0) is 20.3 Å². The molecule has 11 heteroatoms. The van der Waals surface area contributed by atoms with Crippen LogP contribution in [0.25, 0.3) is 15.7 Å². The van der Waals surface area contributed by atoms with E-state index in [1.54, 1.807) is 30.5 Å². The molecule has 10 nitrogen and oxygen atoms in total. The van der Waals surface area contributed by atoms with Crippen molar-refractivity contribution < 1.29 is 13.2 Å². The van der Waals surface area contributed by atoms with Crippen LogP contribution < -0.4 is 10.9 Å². The Morgan fingerprint density at radius 1 is 1.11 bits per heavy atom. The van der Waals surface area contributed by atoms with E-state index in [1.165, 1.54) is 4.31 Å². The average Bonchev–Trinajstić information content (AvgIpc) is 3.26. The number of rotatable bonds is 6. The van der Waals surface area contributed by atoms with Crippen molar-refractivity contribution in [2.24, 2.45) is 0 Å². The fourth-order valence-corrected chi connectivity index (χ4v) is 6.51. The monoisotopic (exact) mass is 496 g/mol. The van der Waals surface area contributed by atoms with Crippen molar-refractivity contribution in [3.63, 3.8) is 0 Å². The van der Waals surface area contributed by atoms with Gasteiger partial charge in [0.05, 0.1) is 23.6 Å². The molecule has 2 aliphatic rings. The van der Waals surface area contributed by atoms with E-state index in [-0.39, 0.29) is 10.5 Å². The van der Waals surface area contributed by atoms with Crippen LogP contribution >= 0.6 is 0 Å². The van der Waals surface area contributed by atoms with E-state index in [4.69, 9.17) is 16.4 Å². The zero-order valence-corrected chi connectivity index (χ0v) is 20.2. The van der Waals surface area contributed by atoms with Crippen molar-refractivity contribution in [3.8, 4) is 0 Å². The highest BCUT2D eigenvalue weighted by Gasteiger charge is 2.40. The molecule has 1 saturated carbocycles. The largest absolute Gasteiger partial charge is 0.379 e. The molecule has 0 bridgehead atoms. The normalized spacial score (nSPS) is 18.8. The van der Waals surface area contributed by atoms with Gasteiger partial charge in [-0.05, 0) is 43.2 Å². The first-order chi connectivity index (χ1) is 16.9. The number of morpholine rings is 1. The number of H-pyrrole nitrogens is 1. The number of hydrogen-bond donors (Lipinski definition) is 2. The van der Waals surface area contributed by atoms with Gasteiger partial charge in [0.2, 0.25) is 16.6 Å². The number of ether oxygens (including phenoxy) is 1. The molecule has 2 aromatic heterocycles. The van der Waals surface area contributed by atoms with Gasteiger partial charge in [-0.2, -0.15) is 9.40 Å². The second-order valence-corrected chi connectivity index (χ2v) is 11.0. The van der Waals surface area contributed by atoms with E-state index in [0.717, 1.165) is 32.1 Å². The highest BCUT2D eigenvalue weighted by molar-refractivity contribution is 7.89. The first kappa shape index (κ1) is 23.5. The highest BCUT2D eigenvalue weighted by atomic mass is 32.2. The number of benzene rings is 1. The summed E-state index contributed by atoms with van der Waals surface area (Å²) in [4.78, 5) is 19.4. The molecule has 3 heterocycles. The minimum absolute atomic E-state index is 0.205. The molecule has 1 saturated heterocycles. The Balaban J connectivity index is 1.49. The van der Waals surface area contributed by atoms with Crippen molar-refractivity contribution in [2.45, 2.75) is 42.5 Å². The van der Waals surface area contributed by atoms with Gasteiger partial charge in [0, 0.05) is 25.0 Å². The number of pyridine rings is 1. The topological polar surface area (TPSA) is 114 Å². The summed E-state index contributed by atoms with van der Waals surface area (Å²) in [5.74, 6) is 0.389. The molecule has 1 aliphatic carbocycles. The maximum atomic E-state index is 12.9. The summed E-state index contributed by atoms with van der Waals surface area (Å²) in [6, 6.07) is 8.28. The first-order valence-corrected chi connectivity index (χ1v) is 13.3. The number of nitrogens with one attached hydrogen (secondary N) is 2. The summed E-state index contributed by atoms with van der Waals surface area (Å²) in [5.41, 5.74) is 0.593. The van der Waals surface area contributed by atoms with Gasteiger partial charge in [0.15, 0.2) is 5.82 Å². The van der Waals surface area contributed by atoms with Crippen molar-refractivity contribution in [1.82, 2.24) is 19.1 Å². The Morgan fingerprint density at radius 2 is 1.83 bits per heavy atom. The molecule has 0 amide bonds. The molecule has 0 spiro atoms. The zero-order chi connectivity index (χ0) is 24.5. The number of nitrogens with zero attached hydrogens (tertiary/aromatic N) is 4. The molecule has 1 aliphatic heterocycles. The van der Waals surface area contributed by atoms with Crippen LogP contribution in [-0.4, -0.2) is 60.3 Å². The Hall–Kier alpha value is -3.20. The van der Waals surface area contributed by atoms with Gasteiger partial charge in [-0.15, -0.1) is 0 Å². The minimum atomic E-state index is -3.60. The Bertz CT molecular complexity index is 1410. The second kappa shape index (κ2) is 9.45. The third kappa shape index (κ3) is 4.33. The lowest BCUT2D eigenvalue weighted by Crippen LogP contribution is -2.40. The predicted molar refractivity (Wildman–Crippen MR) is 132 cm³/mol. The highest BCUT2D eigenvalue weighted by Crippen LogP contribution is 2.38. The number of aromatic nitrogens is 3. The third-order valence-corrected chi connectivity index (χ3v) is 8.85. The molecule has 0 atom stereocenters. The third-order valence-electron chi connectivity index (χ3n) is 6.94. The summed E-state index contributed by atoms with van der Waals surface area (Å²) in [5, 5.41) is 8.44. The lowest BCUT2D eigenvalue weighted by Gasteiger charge is -2.33. The van der Waals surface area contributed by atoms with E-state index < -0.39 is 15.6 Å². The van der Waals surface area contributed by atoms with Crippen molar-refractivity contribution in [2.75, 3.05) is 38.2 Å². The van der Waals surface area contributed by atoms with Crippen LogP contribution in [0.3, 0.4) is 0 Å². The minimum Gasteiger partial charge on any atom is -0.379 e. The summed E-state index contributed by atoms with van der Waals surface area (Å²) < 4.78 is 34.4. The maximum absolute atomic E-state index is 12.9. The van der Waals surface area contributed by atoms with E-state index >= 15 is 0 Å². The number of aromatic amines is 1. The van der Waals surface area contributed by atoms with Crippen LogP contribution in [0, 0.1) is 6.57 Å². The lowest BCUT2D eigenvalue weighted by atomic mass is 9.81. The van der Waals surface area contributed by atoms with Gasteiger partial charge in [0.25, 0.3) is 5.56 Å². The van der Waals surface area contributed by atoms with Crippen LogP contribution in [0.2, 0.25) is 0 Å². The molecule has 0 radical (unpaired) electrons. The smallest absolute Gasteiger partial charge is 0.261 e. The van der Waals surface area contributed by atoms with Crippen molar-refractivity contribution in [3.05, 3.63) is 58.3 Å². The van der Waals surface area contributed by atoms with E-state index in [1.807, 2.05) is 10.7 Å². The summed E-state index contributed by atoms with van der Waals surface area (Å²) in [6.07, 6.45) is 6.44. The van der Waals surface area contributed by atoms with Gasteiger partial charge in [-0.3, -0.25) is 4.79 Å². The second-order valence-electron chi connectivity index (χ2n) is 9.09. The molecule has 0 unspecified atom stereocenters. The van der Waals surface area contributed by atoms with Gasteiger partial charge in [-0.1, -0.05) is 19.3 Å². The quantitative estimate of drug-likeness (QED) is 0.507. The summed E-state index contributed by atoms with van der Waals surface area (Å²) >= 11 is 0. The standard InChI is InChI=1S/C24H28N6O4S/c1-25-17-24(10-3-2-4-11-24)30-20-9-12-26-23(31)21(20)22(28-30)27-18-5-7-19(8-6-18)35(32,33)29-13-15-34-16-14-29/h5-9,12H,2-4,10-11,13-17H2,(H,26,31)(H,27,28). The number of anilines is 2. The van der Waals surface area contributed by atoms with Crippen LogP contribution in [0.4, 0.5) is 11.5 Å². The van der Waals surface area contributed by atoms with Crippen molar-refractivity contribution >= 4 is 32.4 Å². The van der Waals surface area contributed by atoms with E-state index in [0.29, 0.717) is 55.3 Å². The molecular formula is C24H28N6O4S. The average molecular weight is 497 g/mol. The molecule has 1 aromatic carbocycles. The van der Waals surface area contributed by atoms with Gasteiger partial charge < -0.3 is 19.9 Å². The summed E-state index contributed by atoms with van der Waals surface area (Å²) in [7, 11) is -3.60. The fraction of sp³-hybridized carbons (Fsp3) is 0.458. The molecular weight excluding hydrogens is 468 g/mol. The van der Waals surface area contributed by atoms with Crippen LogP contribution in [0.5, 0.6) is 0 Å². The first-order valence-electron chi connectivity index (χ1n) is 11.8. The molecule has 2 fully saturated rings. The zero-order valence-electron chi connectivity index (χ0n) is 19.4. The fourth-order valence-electron chi connectivity index (χ4n) is 5.10. The molecule has 5 rings (SSSR count). The maximum Gasteiger partial charge on any atom is 0.261 e. The van der Waals surface area contributed by atoms with Gasteiger partial charge in [0.1, 0.15) is 10.9 Å². The van der Waals surface area contributed by atoms with Crippen LogP contribution in [0.1, 0.15) is 32.1 Å². The van der Waals surface area contributed by atoms with E-state index in [2.05, 4.69) is 15.1 Å². The van der Waals surface area contributed by atoms with Gasteiger partial charge >= 0.3 is 0 Å². The lowest BCUT2D eigenvalue weighted by molar-refractivity contribution is 0.0730. The molecule has 3 aromatic rings. The van der Waals surface area contributed by atoms with Crippen molar-refractivity contribution in [1.29, 1.82) is 0 Å². The summed E-state index contributed by atoms with van der Waals surface area (Å²) in [6.45, 7) is 9.29. The predicted octanol–water partition coefficient (Wildman–Crippen LogP) is 3.07. The number of sulfonamides is 1. The van der Waals surface area contributed by atoms with E-state index in [9.17, 15) is 13.2 Å². The van der Waals surface area contributed by atoms with Gasteiger partial charge in [-0.25, -0.2) is 19.7 Å². The molecule has 184 valence electrons. The number of fused-ring (bicyclic) bond motifs is 1. The van der Waals surface area contributed by atoms with Crippen LogP contribution in [0.15, 0.2) is 46.2 Å². The Morgan fingerprint density at radius 3 is 2.51 bits per heavy atom. The Kier molecular flexibility index (Phi) is 6.35. The molecule has 35 heavy (non-hydrogen) atoms.